The lowest BCUT2D eigenvalue weighted by atomic mass is 9.70. The molecule has 1 aromatic carbocycles. The van der Waals surface area contributed by atoms with Crippen LogP contribution in [-0.2, 0) is 4.79 Å². The first-order valence-electron chi connectivity index (χ1n) is 11.3. The Bertz CT molecular complexity index is 1500. The van der Waals surface area contributed by atoms with E-state index < -0.39 is 5.92 Å². The lowest BCUT2D eigenvalue weighted by Gasteiger charge is -2.37. The molecule has 0 fully saturated rings. The number of aromatic nitrogens is 4. The minimum absolute atomic E-state index is 0.0710. The first kappa shape index (κ1) is 21.8. The van der Waals surface area contributed by atoms with Crippen LogP contribution >= 0.6 is 11.3 Å². The van der Waals surface area contributed by atoms with Crippen molar-refractivity contribution in [2.24, 2.45) is 5.41 Å². The van der Waals surface area contributed by atoms with Gasteiger partial charge < -0.3 is 14.2 Å². The highest BCUT2D eigenvalue weighted by Crippen LogP contribution is 2.51. The maximum Gasteiger partial charge on any atom is 0.228 e. The summed E-state index contributed by atoms with van der Waals surface area (Å²) in [5.41, 5.74) is 2.67. The van der Waals surface area contributed by atoms with E-state index >= 15 is 0 Å². The van der Waals surface area contributed by atoms with Gasteiger partial charge in [-0.05, 0) is 34.6 Å². The Labute approximate surface area is 206 Å². The van der Waals surface area contributed by atoms with Crippen LogP contribution in [0.2, 0.25) is 0 Å². The molecule has 0 spiro atoms. The van der Waals surface area contributed by atoms with E-state index in [9.17, 15) is 4.79 Å². The summed E-state index contributed by atoms with van der Waals surface area (Å²) in [6.07, 6.45) is 2.71. The molecule has 9 heteroatoms. The zero-order chi connectivity index (χ0) is 24.3. The van der Waals surface area contributed by atoms with Gasteiger partial charge in [-0.25, -0.2) is 14.5 Å². The maximum absolute atomic E-state index is 13.6. The van der Waals surface area contributed by atoms with Gasteiger partial charge in [-0.3, -0.25) is 4.79 Å². The van der Waals surface area contributed by atoms with Crippen molar-refractivity contribution in [3.05, 3.63) is 64.5 Å². The molecule has 4 heterocycles. The number of hydrogen-bond acceptors (Lipinski definition) is 8. The highest BCUT2D eigenvalue weighted by atomic mass is 32.1. The van der Waals surface area contributed by atoms with E-state index in [1.807, 2.05) is 35.7 Å². The molecule has 1 aliphatic heterocycles. The van der Waals surface area contributed by atoms with Crippen LogP contribution in [-0.4, -0.2) is 39.6 Å². The van der Waals surface area contributed by atoms with Gasteiger partial charge in [0.25, 0.3) is 0 Å². The monoisotopic (exact) mass is 488 g/mol. The number of methoxy groups -OCH3 is 2. The summed E-state index contributed by atoms with van der Waals surface area (Å²) in [5.74, 6) is 2.59. The number of fused-ring (bicyclic) bond motifs is 3. The van der Waals surface area contributed by atoms with Gasteiger partial charge in [-0.15, -0.1) is 16.4 Å². The van der Waals surface area contributed by atoms with Gasteiger partial charge in [-0.2, -0.15) is 0 Å². The molecule has 35 heavy (non-hydrogen) atoms. The average Bonchev–Trinajstić information content (AvgIpc) is 3.51. The van der Waals surface area contributed by atoms with Gasteiger partial charge in [0, 0.05) is 18.4 Å². The first-order valence-corrected chi connectivity index (χ1v) is 12.2. The minimum Gasteiger partial charge on any atom is -0.493 e. The summed E-state index contributed by atoms with van der Waals surface area (Å²) in [7, 11) is 3.20. The van der Waals surface area contributed by atoms with E-state index in [0.717, 1.165) is 16.0 Å². The van der Waals surface area contributed by atoms with Crippen molar-refractivity contribution in [3.8, 4) is 28.1 Å². The van der Waals surface area contributed by atoms with Crippen LogP contribution in [0.5, 0.6) is 17.4 Å². The van der Waals surface area contributed by atoms with Crippen LogP contribution in [0.1, 0.15) is 43.7 Å². The predicted molar refractivity (Wildman–Crippen MR) is 131 cm³/mol. The normalized spacial score (nSPS) is 18.7. The zero-order valence-corrected chi connectivity index (χ0v) is 20.7. The molecule has 8 nitrogen and oxygen atoms in total. The van der Waals surface area contributed by atoms with Gasteiger partial charge in [0.1, 0.15) is 12.1 Å². The molecule has 0 bridgehead atoms. The highest BCUT2D eigenvalue weighted by molar-refractivity contribution is 7.13. The first-order chi connectivity index (χ1) is 16.9. The van der Waals surface area contributed by atoms with E-state index in [2.05, 4.69) is 23.9 Å². The summed E-state index contributed by atoms with van der Waals surface area (Å²) in [6, 6.07) is 9.67. The molecule has 3 aromatic heterocycles. The number of ether oxygens (including phenoxy) is 3. The van der Waals surface area contributed by atoms with Crippen molar-refractivity contribution in [2.75, 3.05) is 14.2 Å². The number of ketones is 1. The van der Waals surface area contributed by atoms with Gasteiger partial charge in [0.15, 0.2) is 28.8 Å². The molecule has 0 radical (unpaired) electrons. The standard InChI is InChI=1S/C26H24N4O4S/c1-26(2)11-15(31)21-18(12-26)34-25-22(20(21)14-7-8-16(32-3)17(10-14)33-4)24-28-23(19-6-5-9-35-19)29-30(24)13-27-25/h5-10,13,20H,11-12H2,1-4H3/t20-/m0/s1. The Morgan fingerprint density at radius 3 is 2.71 bits per heavy atom. The fraction of sp³-hybridized carbons (Fsp3) is 0.308. The number of rotatable bonds is 4. The van der Waals surface area contributed by atoms with Gasteiger partial charge in [0.05, 0.1) is 30.6 Å². The van der Waals surface area contributed by atoms with Crippen LogP contribution < -0.4 is 14.2 Å². The lowest BCUT2D eigenvalue weighted by Crippen LogP contribution is -2.33. The highest BCUT2D eigenvalue weighted by Gasteiger charge is 2.44. The minimum atomic E-state index is -0.422. The molecule has 1 atom stereocenters. The number of carbonyl (C=O) groups excluding carboxylic acids is 1. The molecule has 0 N–H and O–H groups in total. The summed E-state index contributed by atoms with van der Waals surface area (Å²) in [6.45, 7) is 4.17. The van der Waals surface area contributed by atoms with Gasteiger partial charge in [0.2, 0.25) is 5.88 Å². The number of allylic oxidation sites excluding steroid dienone is 2. The number of thiophene rings is 1. The number of Topliss-reactive ketones (excluding diaryl/α,β-unsaturated/α-hetero) is 1. The molecule has 0 saturated carbocycles. The molecule has 1 aliphatic carbocycles. The Hall–Kier alpha value is -3.72. The van der Waals surface area contributed by atoms with Crippen LogP contribution in [0.15, 0.2) is 53.4 Å². The second-order valence-corrected chi connectivity index (χ2v) is 10.5. The van der Waals surface area contributed by atoms with E-state index in [-0.39, 0.29) is 11.2 Å². The van der Waals surface area contributed by atoms with Crippen molar-refractivity contribution >= 4 is 22.8 Å². The maximum atomic E-state index is 13.6. The largest absolute Gasteiger partial charge is 0.493 e. The molecule has 0 unspecified atom stereocenters. The Balaban J connectivity index is 1.62. The fourth-order valence-corrected chi connectivity index (χ4v) is 5.67. The molecule has 4 aromatic rings. The number of nitrogens with zero attached hydrogens (tertiary/aromatic N) is 4. The Morgan fingerprint density at radius 1 is 1.14 bits per heavy atom. The zero-order valence-electron chi connectivity index (χ0n) is 19.9. The average molecular weight is 489 g/mol. The summed E-state index contributed by atoms with van der Waals surface area (Å²) in [4.78, 5) is 24.0. The molecule has 0 saturated heterocycles. The topological polar surface area (TPSA) is 87.8 Å². The molecular formula is C26H24N4O4S. The van der Waals surface area contributed by atoms with Crippen LogP contribution in [0, 0.1) is 5.41 Å². The van der Waals surface area contributed by atoms with Crippen LogP contribution in [0.3, 0.4) is 0 Å². The quantitative estimate of drug-likeness (QED) is 0.398. The van der Waals surface area contributed by atoms with Crippen molar-refractivity contribution < 1.29 is 19.0 Å². The van der Waals surface area contributed by atoms with E-state index in [4.69, 9.17) is 19.2 Å². The van der Waals surface area contributed by atoms with Crippen molar-refractivity contribution in [3.63, 3.8) is 0 Å². The lowest BCUT2D eigenvalue weighted by molar-refractivity contribution is -0.118. The molecular weight excluding hydrogens is 464 g/mol. The van der Waals surface area contributed by atoms with Crippen LogP contribution in [0.25, 0.3) is 16.3 Å². The number of hydrogen-bond donors (Lipinski definition) is 0. The third-order valence-electron chi connectivity index (χ3n) is 6.55. The van der Waals surface area contributed by atoms with E-state index in [1.165, 1.54) is 0 Å². The molecule has 0 amide bonds. The predicted octanol–water partition coefficient (Wildman–Crippen LogP) is 5.04. The Morgan fingerprint density at radius 2 is 1.97 bits per heavy atom. The third-order valence-corrected chi connectivity index (χ3v) is 7.41. The summed E-state index contributed by atoms with van der Waals surface area (Å²) < 4.78 is 19.0. The van der Waals surface area contributed by atoms with E-state index in [0.29, 0.717) is 53.0 Å². The molecule has 6 rings (SSSR count). The van der Waals surface area contributed by atoms with Gasteiger partial charge in [-0.1, -0.05) is 26.0 Å². The smallest absolute Gasteiger partial charge is 0.228 e. The summed E-state index contributed by atoms with van der Waals surface area (Å²) in [5, 5.41) is 6.64. The fourth-order valence-electron chi connectivity index (χ4n) is 5.02. The van der Waals surface area contributed by atoms with Crippen LogP contribution in [0.4, 0.5) is 0 Å². The van der Waals surface area contributed by atoms with Gasteiger partial charge >= 0.3 is 0 Å². The third kappa shape index (κ3) is 3.49. The molecule has 2 aliphatic rings. The van der Waals surface area contributed by atoms with Crippen molar-refractivity contribution in [2.45, 2.75) is 32.6 Å². The van der Waals surface area contributed by atoms with E-state index in [1.54, 1.807) is 36.4 Å². The molecule has 178 valence electrons. The number of benzene rings is 1. The SMILES string of the molecule is COc1ccc([C@H]2C3=C(CC(C)(C)CC3=O)Oc3ncn4nc(-c5cccs5)nc4c32)cc1OC. The number of carbonyl (C=O) groups is 1. The Kier molecular flexibility index (Phi) is 4.93. The van der Waals surface area contributed by atoms with Crippen molar-refractivity contribution in [1.29, 1.82) is 0 Å². The second-order valence-electron chi connectivity index (χ2n) is 9.57. The summed E-state index contributed by atoms with van der Waals surface area (Å²) >= 11 is 1.57. The van der Waals surface area contributed by atoms with Crippen molar-refractivity contribution in [1.82, 2.24) is 19.6 Å². The second kappa shape index (κ2) is 7.91.